The van der Waals surface area contributed by atoms with Crippen molar-refractivity contribution in [3.05, 3.63) is 52.7 Å². The first-order valence-corrected chi connectivity index (χ1v) is 8.70. The van der Waals surface area contributed by atoms with Crippen LogP contribution < -0.4 is 5.32 Å². The minimum atomic E-state index is 0.0390. The molecule has 3 heterocycles. The van der Waals surface area contributed by atoms with Gasteiger partial charge in [-0.2, -0.15) is 0 Å². The van der Waals surface area contributed by atoms with Crippen LogP contribution in [0.3, 0.4) is 0 Å². The minimum Gasteiger partial charge on any atom is -0.357 e. The van der Waals surface area contributed by atoms with Crippen molar-refractivity contribution in [2.75, 3.05) is 25.5 Å². The molecule has 1 N–H and O–H groups in total. The molecule has 23 heavy (non-hydrogen) atoms. The number of allylic oxidation sites excluding steroid dienone is 2. The lowest BCUT2D eigenvalue weighted by molar-refractivity contribution is -0.923. The normalized spacial score (nSPS) is 41.6. The SMILES string of the molecule is C/C=C1/C[N+]2(C)CC[C@@]34C(=C(C=O)[C@@H]1C[C@@H]32)Nc1ccccc14. The van der Waals surface area contributed by atoms with Gasteiger partial charge in [-0.1, -0.05) is 24.3 Å². The molecule has 1 spiro atoms. The average molecular weight is 307 g/mol. The lowest BCUT2D eigenvalue weighted by Gasteiger charge is -2.51. The summed E-state index contributed by atoms with van der Waals surface area (Å²) in [5.74, 6) is 0.316. The van der Waals surface area contributed by atoms with Crippen molar-refractivity contribution in [3.8, 4) is 0 Å². The van der Waals surface area contributed by atoms with E-state index in [9.17, 15) is 4.79 Å². The molecule has 1 aliphatic carbocycles. The molecule has 0 saturated carbocycles. The fourth-order valence-corrected chi connectivity index (χ4v) is 6.07. The van der Waals surface area contributed by atoms with Crippen molar-refractivity contribution in [2.24, 2.45) is 5.92 Å². The summed E-state index contributed by atoms with van der Waals surface area (Å²) in [6.45, 7) is 4.42. The Morgan fingerprint density at radius 3 is 2.96 bits per heavy atom. The molecule has 3 nitrogen and oxygen atoms in total. The van der Waals surface area contributed by atoms with Gasteiger partial charge in [-0.15, -0.1) is 0 Å². The van der Waals surface area contributed by atoms with Crippen LogP contribution in [0.1, 0.15) is 25.3 Å². The summed E-state index contributed by atoms with van der Waals surface area (Å²) < 4.78 is 1.13. The predicted octanol–water partition coefficient (Wildman–Crippen LogP) is 3.00. The van der Waals surface area contributed by atoms with Crippen LogP contribution in [0.15, 0.2) is 47.2 Å². The van der Waals surface area contributed by atoms with Crippen LogP contribution in [0, 0.1) is 5.92 Å². The van der Waals surface area contributed by atoms with E-state index in [1.165, 1.54) is 29.1 Å². The van der Waals surface area contributed by atoms with Crippen LogP contribution in [-0.4, -0.2) is 36.9 Å². The van der Waals surface area contributed by atoms with E-state index >= 15 is 0 Å². The van der Waals surface area contributed by atoms with Crippen LogP contribution in [-0.2, 0) is 10.2 Å². The molecule has 118 valence electrons. The highest BCUT2D eigenvalue weighted by Crippen LogP contribution is 2.62. The molecule has 3 aliphatic heterocycles. The maximum atomic E-state index is 12.0. The molecule has 4 atom stereocenters. The van der Waals surface area contributed by atoms with Gasteiger partial charge in [0.25, 0.3) is 0 Å². The van der Waals surface area contributed by atoms with Gasteiger partial charge in [-0.05, 0) is 24.1 Å². The molecular weight excluding hydrogens is 284 g/mol. The molecule has 5 rings (SSSR count). The van der Waals surface area contributed by atoms with Gasteiger partial charge in [0, 0.05) is 35.7 Å². The zero-order chi connectivity index (χ0) is 15.8. The Balaban J connectivity index is 1.85. The highest BCUT2D eigenvalue weighted by molar-refractivity contribution is 5.84. The van der Waals surface area contributed by atoms with Crippen LogP contribution in [0.4, 0.5) is 5.69 Å². The summed E-state index contributed by atoms with van der Waals surface area (Å²) >= 11 is 0. The molecule has 4 aliphatic rings. The number of benzene rings is 1. The maximum Gasteiger partial charge on any atom is 0.148 e. The highest BCUT2D eigenvalue weighted by atomic mass is 16.1. The van der Waals surface area contributed by atoms with Gasteiger partial charge in [0.15, 0.2) is 0 Å². The molecule has 2 saturated heterocycles. The van der Waals surface area contributed by atoms with Crippen LogP contribution in [0.25, 0.3) is 0 Å². The number of nitrogens with one attached hydrogen (secondary N) is 1. The van der Waals surface area contributed by atoms with Crippen LogP contribution in [0.5, 0.6) is 0 Å². The van der Waals surface area contributed by atoms with Crippen molar-refractivity contribution >= 4 is 12.0 Å². The van der Waals surface area contributed by atoms with Crippen molar-refractivity contribution in [3.63, 3.8) is 0 Å². The van der Waals surface area contributed by atoms with E-state index in [2.05, 4.69) is 49.6 Å². The van der Waals surface area contributed by atoms with Crippen molar-refractivity contribution in [1.29, 1.82) is 0 Å². The van der Waals surface area contributed by atoms with E-state index in [0.717, 1.165) is 35.7 Å². The molecule has 2 bridgehead atoms. The topological polar surface area (TPSA) is 29.1 Å². The number of piperidine rings is 1. The second-order valence-electron chi connectivity index (χ2n) is 7.87. The fourth-order valence-electron chi connectivity index (χ4n) is 6.07. The lowest BCUT2D eigenvalue weighted by Crippen LogP contribution is -2.61. The van der Waals surface area contributed by atoms with Gasteiger partial charge in [0.1, 0.15) is 18.9 Å². The number of hydrogen-bond donors (Lipinski definition) is 1. The Hall–Kier alpha value is -1.87. The predicted molar refractivity (Wildman–Crippen MR) is 91.0 cm³/mol. The molecule has 0 aromatic heterocycles. The van der Waals surface area contributed by atoms with E-state index in [4.69, 9.17) is 0 Å². The Morgan fingerprint density at radius 1 is 1.35 bits per heavy atom. The zero-order valence-electron chi connectivity index (χ0n) is 13.8. The quantitative estimate of drug-likeness (QED) is 0.491. The first-order valence-electron chi connectivity index (χ1n) is 8.70. The number of nitrogens with zero attached hydrogens (tertiary/aromatic N) is 1. The summed E-state index contributed by atoms with van der Waals surface area (Å²) in [6, 6.07) is 9.27. The number of para-hydroxylation sites is 1. The van der Waals surface area contributed by atoms with E-state index in [-0.39, 0.29) is 5.41 Å². The summed E-state index contributed by atoms with van der Waals surface area (Å²) in [6.07, 6.45) is 5.65. The molecule has 0 amide bonds. The Kier molecular flexibility index (Phi) is 2.45. The third-order valence-corrected chi connectivity index (χ3v) is 7.06. The van der Waals surface area contributed by atoms with Crippen molar-refractivity contribution in [2.45, 2.75) is 31.2 Å². The second-order valence-corrected chi connectivity index (χ2v) is 7.87. The Labute approximate surface area is 137 Å². The van der Waals surface area contributed by atoms with Gasteiger partial charge < -0.3 is 9.80 Å². The monoisotopic (exact) mass is 307 g/mol. The molecule has 1 aromatic rings. The summed E-state index contributed by atoms with van der Waals surface area (Å²) in [5, 5.41) is 3.66. The van der Waals surface area contributed by atoms with E-state index in [1.807, 2.05) is 0 Å². The first-order chi connectivity index (χ1) is 11.1. The third-order valence-electron chi connectivity index (χ3n) is 7.06. The molecule has 2 fully saturated rings. The number of hydrogen-bond acceptors (Lipinski definition) is 2. The number of rotatable bonds is 1. The summed E-state index contributed by atoms with van der Waals surface area (Å²) in [5.41, 5.74) is 6.35. The molecule has 1 unspecified atom stereocenters. The Morgan fingerprint density at radius 2 is 2.17 bits per heavy atom. The fraction of sp³-hybridized carbons (Fsp3) is 0.450. The number of aldehydes is 1. The summed E-state index contributed by atoms with van der Waals surface area (Å²) in [7, 11) is 2.42. The largest absolute Gasteiger partial charge is 0.357 e. The van der Waals surface area contributed by atoms with Gasteiger partial charge in [-0.3, -0.25) is 4.79 Å². The molecule has 1 aromatic carbocycles. The van der Waals surface area contributed by atoms with Gasteiger partial charge >= 0.3 is 0 Å². The van der Waals surface area contributed by atoms with Crippen LogP contribution >= 0.6 is 0 Å². The maximum absolute atomic E-state index is 12.0. The molecular formula is C20H23N2O+. The molecule has 0 radical (unpaired) electrons. The van der Waals surface area contributed by atoms with E-state index < -0.39 is 0 Å². The first kappa shape index (κ1) is 13.6. The number of likely N-dealkylation sites (N-methyl/N-ethyl adjacent to an activating group) is 1. The van der Waals surface area contributed by atoms with E-state index in [0.29, 0.717) is 12.0 Å². The van der Waals surface area contributed by atoms with Crippen LogP contribution in [0.2, 0.25) is 0 Å². The van der Waals surface area contributed by atoms with Gasteiger partial charge in [0.2, 0.25) is 0 Å². The van der Waals surface area contributed by atoms with E-state index in [1.54, 1.807) is 0 Å². The smallest absolute Gasteiger partial charge is 0.148 e. The number of quaternary nitrogens is 1. The lowest BCUT2D eigenvalue weighted by atomic mass is 9.61. The van der Waals surface area contributed by atoms with Crippen molar-refractivity contribution in [1.82, 2.24) is 0 Å². The number of fused-ring (bicyclic) bond motifs is 2. The highest BCUT2D eigenvalue weighted by Gasteiger charge is 2.67. The number of carbonyl (C=O) groups excluding carboxylic acids is 1. The van der Waals surface area contributed by atoms with Crippen molar-refractivity contribution < 1.29 is 9.28 Å². The second kappa shape index (κ2) is 4.15. The van der Waals surface area contributed by atoms with Gasteiger partial charge in [0.05, 0.1) is 19.0 Å². The van der Waals surface area contributed by atoms with Gasteiger partial charge in [-0.25, -0.2) is 0 Å². The summed E-state index contributed by atoms with van der Waals surface area (Å²) in [4.78, 5) is 12.0. The Bertz CT molecular complexity index is 793. The minimum absolute atomic E-state index is 0.0390. The standard InChI is InChI=1S/C20H22N2O/c1-3-13-11-22(2)9-8-20-16-6-4-5-7-17(16)21-19(20)15(12-23)14(13)10-18(20)22/h3-7,12,14,18H,8-11H2,1-2H3/p+1/b13-3-/t14-,18+,20+,22?/m1/s1. The zero-order valence-corrected chi connectivity index (χ0v) is 13.8. The third kappa shape index (κ3) is 1.38. The molecule has 3 heteroatoms. The average Bonchev–Trinajstić information content (AvgIpc) is 3.08. The number of carbonyl (C=O) groups is 1. The number of anilines is 1.